The molecular formula is C26H27N5. The minimum atomic E-state index is 0.727. The van der Waals surface area contributed by atoms with Crippen molar-refractivity contribution in [3.8, 4) is 22.6 Å². The Bertz CT molecular complexity index is 1200. The lowest BCUT2D eigenvalue weighted by atomic mass is 9.58. The number of rotatable bonds is 4. The minimum absolute atomic E-state index is 0.727. The first-order valence-corrected chi connectivity index (χ1v) is 11.5. The highest BCUT2D eigenvalue weighted by Crippen LogP contribution is 2.49. The predicted molar refractivity (Wildman–Crippen MR) is 122 cm³/mol. The molecule has 1 aromatic carbocycles. The molecule has 3 heterocycles. The van der Waals surface area contributed by atoms with Crippen LogP contribution in [0.5, 0.6) is 0 Å². The van der Waals surface area contributed by atoms with E-state index in [9.17, 15) is 0 Å². The van der Waals surface area contributed by atoms with Crippen LogP contribution in [0.4, 0.5) is 0 Å². The van der Waals surface area contributed by atoms with Crippen LogP contribution in [0.15, 0.2) is 55.1 Å². The molecule has 3 aliphatic rings. The van der Waals surface area contributed by atoms with Crippen LogP contribution in [0.25, 0.3) is 33.7 Å². The summed E-state index contributed by atoms with van der Waals surface area (Å²) in [4.78, 5) is 21.8. The Morgan fingerprint density at radius 2 is 1.81 bits per heavy atom. The summed E-state index contributed by atoms with van der Waals surface area (Å²) in [6, 6.07) is 12.6. The predicted octanol–water partition coefficient (Wildman–Crippen LogP) is 5.70. The third-order valence-electron chi connectivity index (χ3n) is 7.73. The zero-order chi connectivity index (χ0) is 20.8. The molecule has 31 heavy (non-hydrogen) atoms. The number of nitrogens with zero attached hydrogens (tertiary/aromatic N) is 4. The highest BCUT2D eigenvalue weighted by molar-refractivity contribution is 5.91. The smallest absolute Gasteiger partial charge is 0.162 e. The fraction of sp³-hybridized carbons (Fsp3) is 0.385. The fourth-order valence-electron chi connectivity index (χ4n) is 6.00. The van der Waals surface area contributed by atoms with Crippen LogP contribution in [0, 0.1) is 23.7 Å². The molecule has 0 aliphatic heterocycles. The van der Waals surface area contributed by atoms with Gasteiger partial charge >= 0.3 is 0 Å². The van der Waals surface area contributed by atoms with Crippen LogP contribution in [0.1, 0.15) is 38.3 Å². The Morgan fingerprint density at radius 3 is 2.61 bits per heavy atom. The zero-order valence-corrected chi connectivity index (χ0v) is 17.8. The van der Waals surface area contributed by atoms with Gasteiger partial charge in [-0.1, -0.05) is 37.3 Å². The highest BCUT2D eigenvalue weighted by atomic mass is 14.9. The van der Waals surface area contributed by atoms with Crippen molar-refractivity contribution in [3.05, 3.63) is 60.8 Å². The summed E-state index contributed by atoms with van der Waals surface area (Å²) in [5.74, 6) is 4.01. The fourth-order valence-corrected chi connectivity index (χ4v) is 6.00. The summed E-state index contributed by atoms with van der Waals surface area (Å²) in [6.45, 7) is 2.47. The number of hydrogen-bond donors (Lipinski definition) is 1. The van der Waals surface area contributed by atoms with Crippen molar-refractivity contribution in [1.29, 1.82) is 0 Å². The largest absolute Gasteiger partial charge is 0.345 e. The van der Waals surface area contributed by atoms with Gasteiger partial charge in [0, 0.05) is 34.6 Å². The second-order valence-electron chi connectivity index (χ2n) is 9.32. The molecule has 0 unspecified atom stereocenters. The molecule has 3 aromatic heterocycles. The highest BCUT2D eigenvalue weighted by Gasteiger charge is 2.41. The van der Waals surface area contributed by atoms with Gasteiger partial charge in [-0.05, 0) is 61.8 Å². The van der Waals surface area contributed by atoms with Gasteiger partial charge in [0.05, 0.1) is 5.69 Å². The topological polar surface area (TPSA) is 67.3 Å². The number of benzene rings is 1. The summed E-state index contributed by atoms with van der Waals surface area (Å²) in [5.41, 5.74) is 5.05. The van der Waals surface area contributed by atoms with Crippen molar-refractivity contribution in [2.24, 2.45) is 23.7 Å². The maximum atomic E-state index is 5.08. The number of fused-ring (bicyclic) bond motifs is 4. The Kier molecular flexibility index (Phi) is 4.55. The molecule has 156 valence electrons. The summed E-state index contributed by atoms with van der Waals surface area (Å²) in [5, 5.41) is 0.962. The van der Waals surface area contributed by atoms with Gasteiger partial charge in [-0.25, -0.2) is 19.9 Å². The van der Waals surface area contributed by atoms with Gasteiger partial charge in [0.25, 0.3) is 0 Å². The van der Waals surface area contributed by atoms with Crippen molar-refractivity contribution >= 4 is 11.0 Å². The van der Waals surface area contributed by atoms with E-state index in [1.54, 1.807) is 6.33 Å². The van der Waals surface area contributed by atoms with Gasteiger partial charge in [0.2, 0.25) is 0 Å². The molecular weight excluding hydrogens is 382 g/mol. The molecule has 2 bridgehead atoms. The van der Waals surface area contributed by atoms with Crippen molar-refractivity contribution in [2.75, 3.05) is 0 Å². The Hall–Kier alpha value is -3.08. The van der Waals surface area contributed by atoms with E-state index in [2.05, 4.69) is 52.2 Å². The molecule has 5 nitrogen and oxygen atoms in total. The minimum Gasteiger partial charge on any atom is -0.345 e. The average molecular weight is 410 g/mol. The van der Waals surface area contributed by atoms with Gasteiger partial charge in [0.15, 0.2) is 5.82 Å². The van der Waals surface area contributed by atoms with Crippen LogP contribution in [-0.2, 0) is 6.42 Å². The van der Waals surface area contributed by atoms with Gasteiger partial charge in [0.1, 0.15) is 12.0 Å². The lowest BCUT2D eigenvalue weighted by Crippen LogP contribution is -2.39. The first kappa shape index (κ1) is 18.7. The van der Waals surface area contributed by atoms with Gasteiger partial charge < -0.3 is 4.98 Å². The van der Waals surface area contributed by atoms with E-state index < -0.39 is 0 Å². The van der Waals surface area contributed by atoms with E-state index in [-0.39, 0.29) is 0 Å². The summed E-state index contributed by atoms with van der Waals surface area (Å²) in [6.07, 6.45) is 12.0. The second-order valence-corrected chi connectivity index (χ2v) is 9.32. The monoisotopic (exact) mass is 409 g/mol. The second kappa shape index (κ2) is 7.56. The number of hydrogen-bond acceptors (Lipinski definition) is 4. The van der Waals surface area contributed by atoms with E-state index in [1.807, 2.05) is 18.5 Å². The lowest BCUT2D eigenvalue weighted by Gasteiger charge is -2.47. The van der Waals surface area contributed by atoms with Crippen LogP contribution < -0.4 is 0 Å². The summed E-state index contributed by atoms with van der Waals surface area (Å²) in [7, 11) is 0. The standard InChI is InChI=1S/C26H27N5/c1-16-17-7-9-18(10-8-17)21(16)11-20-12-24(19-5-3-2-4-6-19)31-26(30-20)23-14-28-25-22(23)13-27-15-29-25/h2-6,12-18,21H,7-11H2,1H3,(H,27,28,29)/t16-,17?,18?,21+/m0/s1. The van der Waals surface area contributed by atoms with Gasteiger partial charge in [-0.2, -0.15) is 0 Å². The lowest BCUT2D eigenvalue weighted by molar-refractivity contribution is 0.0339. The third-order valence-corrected chi connectivity index (χ3v) is 7.73. The van der Waals surface area contributed by atoms with Crippen LogP contribution in [0.3, 0.4) is 0 Å². The van der Waals surface area contributed by atoms with Crippen LogP contribution >= 0.6 is 0 Å². The summed E-state index contributed by atoms with van der Waals surface area (Å²) >= 11 is 0. The normalized spacial score (nSPS) is 25.2. The van der Waals surface area contributed by atoms with E-state index in [1.165, 1.54) is 25.7 Å². The van der Waals surface area contributed by atoms with Crippen molar-refractivity contribution in [3.63, 3.8) is 0 Å². The maximum absolute atomic E-state index is 5.08. The quantitative estimate of drug-likeness (QED) is 0.470. The molecule has 4 aromatic rings. The van der Waals surface area contributed by atoms with E-state index in [0.29, 0.717) is 0 Å². The van der Waals surface area contributed by atoms with Crippen molar-refractivity contribution < 1.29 is 0 Å². The molecule has 0 radical (unpaired) electrons. The molecule has 0 saturated heterocycles. The maximum Gasteiger partial charge on any atom is 0.162 e. The van der Waals surface area contributed by atoms with Crippen molar-refractivity contribution in [1.82, 2.24) is 24.9 Å². The molecule has 3 saturated carbocycles. The van der Waals surface area contributed by atoms with Gasteiger partial charge in [-0.3, -0.25) is 0 Å². The molecule has 7 rings (SSSR count). The molecule has 2 atom stereocenters. The summed E-state index contributed by atoms with van der Waals surface area (Å²) < 4.78 is 0. The van der Waals surface area contributed by atoms with Crippen LogP contribution in [-0.4, -0.2) is 24.9 Å². The number of aromatic nitrogens is 5. The van der Waals surface area contributed by atoms with Crippen LogP contribution in [0.2, 0.25) is 0 Å². The van der Waals surface area contributed by atoms with E-state index in [4.69, 9.17) is 9.97 Å². The zero-order valence-electron chi connectivity index (χ0n) is 17.8. The molecule has 3 aliphatic carbocycles. The third kappa shape index (κ3) is 3.32. The number of nitrogens with one attached hydrogen (secondary N) is 1. The molecule has 3 fully saturated rings. The Morgan fingerprint density at radius 1 is 1.00 bits per heavy atom. The molecule has 1 N–H and O–H groups in total. The Labute approximate surface area is 182 Å². The first-order valence-electron chi connectivity index (χ1n) is 11.5. The molecule has 0 spiro atoms. The average Bonchev–Trinajstić information content (AvgIpc) is 3.26. The SMILES string of the molecule is C[C@H]1C2CCC(CC2)[C@@H]1Cc1cc(-c2ccccc2)nc(-c2c[nH]c3ncncc23)n1. The van der Waals surface area contributed by atoms with E-state index in [0.717, 1.165) is 69.5 Å². The number of aromatic amines is 1. The van der Waals surface area contributed by atoms with Gasteiger partial charge in [-0.15, -0.1) is 0 Å². The first-order chi connectivity index (χ1) is 15.3. The van der Waals surface area contributed by atoms with E-state index >= 15 is 0 Å². The Balaban J connectivity index is 1.44. The van der Waals surface area contributed by atoms with Crippen molar-refractivity contribution in [2.45, 2.75) is 39.0 Å². The number of H-pyrrole nitrogens is 1. The molecule has 0 amide bonds. The molecule has 5 heteroatoms.